The summed E-state index contributed by atoms with van der Waals surface area (Å²) < 4.78 is 0.972. The molecule has 0 aromatic heterocycles. The van der Waals surface area contributed by atoms with E-state index in [2.05, 4.69) is 59.3 Å². The molecule has 0 radical (unpaired) electrons. The van der Waals surface area contributed by atoms with Crippen molar-refractivity contribution in [1.82, 2.24) is 0 Å². The molecule has 3 aromatic rings. The van der Waals surface area contributed by atoms with Gasteiger partial charge in [0, 0.05) is 22.0 Å². The molecule has 1 heterocycles. The van der Waals surface area contributed by atoms with Gasteiger partial charge in [0.1, 0.15) is 0 Å². The lowest BCUT2D eigenvalue weighted by atomic mass is 10.1. The van der Waals surface area contributed by atoms with E-state index < -0.39 is 0 Å². The van der Waals surface area contributed by atoms with Gasteiger partial charge in [-0.3, -0.25) is 4.79 Å². The third-order valence-electron chi connectivity index (χ3n) is 5.72. The number of carbonyl (C=O) groups excluding carboxylic acids is 1. The number of rotatable bonds is 7. The molecule has 5 nitrogen and oxygen atoms in total. The van der Waals surface area contributed by atoms with Crippen molar-refractivity contribution < 1.29 is 4.79 Å². The number of nitrogen functional groups attached to an aromatic ring is 1. The molecule has 0 saturated heterocycles. The molecule has 182 valence electrons. The van der Waals surface area contributed by atoms with Crippen LogP contribution in [0.3, 0.4) is 0 Å². The number of carbonyl (C=O) groups is 1. The number of nitrogens with zero attached hydrogens (tertiary/aromatic N) is 2. The molecule has 0 atom stereocenters. The molecular formula is C29H33BrN4O. The fourth-order valence-electron chi connectivity index (χ4n) is 3.76. The van der Waals surface area contributed by atoms with Crippen molar-refractivity contribution in [2.75, 3.05) is 16.1 Å². The molecule has 3 aromatic carbocycles. The summed E-state index contributed by atoms with van der Waals surface area (Å²) in [7, 11) is 0. The number of hydrazone groups is 1. The Morgan fingerprint density at radius 2 is 1.54 bits per heavy atom. The van der Waals surface area contributed by atoms with Gasteiger partial charge in [0.05, 0.1) is 17.0 Å². The zero-order valence-electron chi connectivity index (χ0n) is 20.6. The van der Waals surface area contributed by atoms with Crippen LogP contribution in [0, 0.1) is 0 Å². The van der Waals surface area contributed by atoms with Crippen LogP contribution in [0.15, 0.2) is 94.1 Å². The van der Waals surface area contributed by atoms with Gasteiger partial charge in [-0.25, -0.2) is 0 Å². The van der Waals surface area contributed by atoms with E-state index in [0.29, 0.717) is 5.57 Å². The van der Waals surface area contributed by atoms with Crippen molar-refractivity contribution in [1.29, 1.82) is 0 Å². The van der Waals surface area contributed by atoms with Crippen molar-refractivity contribution in [3.8, 4) is 0 Å². The van der Waals surface area contributed by atoms with Crippen LogP contribution in [0.5, 0.6) is 0 Å². The summed E-state index contributed by atoms with van der Waals surface area (Å²) in [4.78, 5) is 12.9. The standard InChI is InChI=1S/C21H22BrN3O.C8H11N/c1-3-7-20-18(14-23-19-9-6-5-8-15(19)4-2)21(26)25(24-20)17-12-10-16(22)11-13-17;1-2-7-5-3-4-6-8(7)9/h5-6,8-14,23H,3-4,7H2,1-2H3;3-6H,2,9H2,1H3/b18-14-;. The molecule has 0 aliphatic carbocycles. The molecule has 1 aliphatic rings. The first-order valence-corrected chi connectivity index (χ1v) is 12.8. The number of amides is 1. The van der Waals surface area contributed by atoms with Gasteiger partial charge in [-0.1, -0.05) is 79.5 Å². The van der Waals surface area contributed by atoms with Crippen molar-refractivity contribution in [3.63, 3.8) is 0 Å². The molecular weight excluding hydrogens is 500 g/mol. The van der Waals surface area contributed by atoms with Gasteiger partial charge in [-0.2, -0.15) is 10.1 Å². The average Bonchev–Trinajstić information content (AvgIpc) is 3.19. The first-order chi connectivity index (χ1) is 17.0. The maximum atomic E-state index is 12.9. The number of halogens is 1. The monoisotopic (exact) mass is 532 g/mol. The van der Waals surface area contributed by atoms with Crippen LogP contribution < -0.4 is 16.1 Å². The van der Waals surface area contributed by atoms with E-state index in [0.717, 1.165) is 52.9 Å². The van der Waals surface area contributed by atoms with Crippen LogP contribution in [-0.4, -0.2) is 11.6 Å². The van der Waals surface area contributed by atoms with Crippen LogP contribution in [0.4, 0.5) is 17.1 Å². The molecule has 0 unspecified atom stereocenters. The highest BCUT2D eigenvalue weighted by atomic mass is 79.9. The molecule has 3 N–H and O–H groups in total. The van der Waals surface area contributed by atoms with E-state index >= 15 is 0 Å². The van der Waals surface area contributed by atoms with Gasteiger partial charge in [0.15, 0.2) is 0 Å². The fraction of sp³-hybridized carbons (Fsp3) is 0.241. The third kappa shape index (κ3) is 6.83. The summed E-state index contributed by atoms with van der Waals surface area (Å²) in [6.07, 6.45) is 5.45. The van der Waals surface area contributed by atoms with Crippen LogP contribution >= 0.6 is 15.9 Å². The summed E-state index contributed by atoms with van der Waals surface area (Å²) in [5, 5.41) is 9.36. The maximum Gasteiger partial charge on any atom is 0.282 e. The number of hydrogen-bond acceptors (Lipinski definition) is 4. The highest BCUT2D eigenvalue weighted by molar-refractivity contribution is 9.10. The lowest BCUT2D eigenvalue weighted by Crippen LogP contribution is -2.21. The van der Waals surface area contributed by atoms with Gasteiger partial charge in [0.2, 0.25) is 0 Å². The van der Waals surface area contributed by atoms with E-state index in [1.165, 1.54) is 16.1 Å². The van der Waals surface area contributed by atoms with E-state index in [4.69, 9.17) is 5.73 Å². The van der Waals surface area contributed by atoms with Gasteiger partial charge >= 0.3 is 0 Å². The number of benzene rings is 3. The Bertz CT molecular complexity index is 1200. The summed E-state index contributed by atoms with van der Waals surface area (Å²) in [6, 6.07) is 23.7. The third-order valence-corrected chi connectivity index (χ3v) is 6.25. The highest BCUT2D eigenvalue weighted by Crippen LogP contribution is 2.27. The highest BCUT2D eigenvalue weighted by Gasteiger charge is 2.30. The van der Waals surface area contributed by atoms with Gasteiger partial charge in [0.25, 0.3) is 5.91 Å². The molecule has 0 saturated carbocycles. The Labute approximate surface area is 216 Å². The molecule has 0 fully saturated rings. The second-order valence-corrected chi connectivity index (χ2v) is 9.07. The van der Waals surface area contributed by atoms with Crippen molar-refractivity contribution in [3.05, 3.63) is 100 Å². The van der Waals surface area contributed by atoms with Crippen LogP contribution in [0.25, 0.3) is 0 Å². The Hall–Kier alpha value is -3.38. The topological polar surface area (TPSA) is 70.7 Å². The smallest absolute Gasteiger partial charge is 0.282 e. The number of para-hydroxylation sites is 2. The normalized spacial score (nSPS) is 13.9. The minimum Gasteiger partial charge on any atom is -0.399 e. The molecule has 1 aliphatic heterocycles. The molecule has 1 amide bonds. The summed E-state index contributed by atoms with van der Waals surface area (Å²) in [6.45, 7) is 6.31. The summed E-state index contributed by atoms with van der Waals surface area (Å²) in [5.41, 5.74) is 12.2. The molecule has 6 heteroatoms. The van der Waals surface area contributed by atoms with E-state index in [1.54, 1.807) is 6.20 Å². The second-order valence-electron chi connectivity index (χ2n) is 8.16. The van der Waals surface area contributed by atoms with Gasteiger partial charge in [-0.05, 0) is 66.8 Å². The van der Waals surface area contributed by atoms with Gasteiger partial charge < -0.3 is 11.1 Å². The first-order valence-electron chi connectivity index (χ1n) is 12.0. The fourth-order valence-corrected chi connectivity index (χ4v) is 4.02. The van der Waals surface area contributed by atoms with Gasteiger partial charge in [-0.15, -0.1) is 0 Å². The number of nitrogens with one attached hydrogen (secondary N) is 1. The largest absolute Gasteiger partial charge is 0.399 e. The van der Waals surface area contributed by atoms with Crippen LogP contribution in [0.1, 0.15) is 44.7 Å². The zero-order chi connectivity index (χ0) is 25.2. The molecule has 0 spiro atoms. The Morgan fingerprint density at radius 3 is 2.14 bits per heavy atom. The Kier molecular flexibility index (Phi) is 9.67. The zero-order valence-corrected chi connectivity index (χ0v) is 22.2. The predicted molar refractivity (Wildman–Crippen MR) is 152 cm³/mol. The first kappa shape index (κ1) is 26.2. The van der Waals surface area contributed by atoms with E-state index in [1.807, 2.05) is 60.7 Å². The van der Waals surface area contributed by atoms with Crippen molar-refractivity contribution in [2.24, 2.45) is 5.10 Å². The minimum absolute atomic E-state index is 0.0998. The number of hydrogen-bond donors (Lipinski definition) is 2. The second kappa shape index (κ2) is 12.9. The van der Waals surface area contributed by atoms with E-state index in [-0.39, 0.29) is 5.91 Å². The Balaban J connectivity index is 0.000000320. The van der Waals surface area contributed by atoms with Crippen LogP contribution in [-0.2, 0) is 17.6 Å². The number of aryl methyl sites for hydroxylation is 2. The lowest BCUT2D eigenvalue weighted by molar-refractivity contribution is -0.114. The Morgan fingerprint density at radius 1 is 0.914 bits per heavy atom. The average molecular weight is 534 g/mol. The summed E-state index contributed by atoms with van der Waals surface area (Å²) >= 11 is 3.42. The predicted octanol–water partition coefficient (Wildman–Crippen LogP) is 7.34. The van der Waals surface area contributed by atoms with Crippen LogP contribution in [0.2, 0.25) is 0 Å². The molecule has 0 bridgehead atoms. The van der Waals surface area contributed by atoms with Crippen molar-refractivity contribution >= 4 is 44.6 Å². The minimum atomic E-state index is -0.0998. The summed E-state index contributed by atoms with van der Waals surface area (Å²) in [5.74, 6) is -0.0998. The molecule has 4 rings (SSSR count). The number of anilines is 3. The van der Waals surface area contributed by atoms with E-state index in [9.17, 15) is 4.79 Å². The van der Waals surface area contributed by atoms with Crippen molar-refractivity contribution in [2.45, 2.75) is 46.5 Å². The lowest BCUT2D eigenvalue weighted by Gasteiger charge is -2.12. The molecule has 35 heavy (non-hydrogen) atoms. The quantitative estimate of drug-likeness (QED) is 0.247. The SMILES string of the molecule is CCCC1=NN(c2ccc(Br)cc2)C(=O)/C1=C\Nc1ccccc1CC.CCc1ccccc1N. The number of nitrogens with two attached hydrogens (primary N) is 1. The maximum absolute atomic E-state index is 12.9.